The maximum absolute atomic E-state index is 12.0. The molecule has 1 fully saturated rings. The number of thiophene rings is 1. The SMILES string of the molecule is CCNC(=NCCNC(=O)CC1CCCC1)N(C)CCc1cccs1. The van der Waals surface area contributed by atoms with Gasteiger partial charge in [-0.1, -0.05) is 18.9 Å². The molecular formula is C19H32N4OS. The highest BCUT2D eigenvalue weighted by Crippen LogP contribution is 2.27. The number of rotatable bonds is 9. The first-order valence-corrected chi connectivity index (χ1v) is 10.4. The fourth-order valence-electron chi connectivity index (χ4n) is 3.21. The van der Waals surface area contributed by atoms with Gasteiger partial charge in [-0.3, -0.25) is 9.79 Å². The number of hydrogen-bond donors (Lipinski definition) is 2. The smallest absolute Gasteiger partial charge is 0.220 e. The third-order valence-corrected chi connectivity index (χ3v) is 5.55. The Kier molecular flexibility index (Phi) is 8.80. The molecule has 1 aliphatic rings. The van der Waals surface area contributed by atoms with Crippen LogP contribution in [-0.4, -0.2) is 50.0 Å². The summed E-state index contributed by atoms with van der Waals surface area (Å²) in [6.07, 6.45) is 6.70. The Morgan fingerprint density at radius 2 is 2.16 bits per heavy atom. The van der Waals surface area contributed by atoms with Gasteiger partial charge in [0.2, 0.25) is 5.91 Å². The van der Waals surface area contributed by atoms with E-state index in [1.165, 1.54) is 30.6 Å². The molecule has 25 heavy (non-hydrogen) atoms. The van der Waals surface area contributed by atoms with E-state index in [1.807, 2.05) is 0 Å². The number of carbonyl (C=O) groups excluding carboxylic acids is 1. The molecule has 0 aromatic carbocycles. The van der Waals surface area contributed by atoms with Gasteiger partial charge in [0.15, 0.2) is 5.96 Å². The zero-order chi connectivity index (χ0) is 17.9. The summed E-state index contributed by atoms with van der Waals surface area (Å²) in [7, 11) is 2.06. The Morgan fingerprint density at radius 3 is 2.84 bits per heavy atom. The summed E-state index contributed by atoms with van der Waals surface area (Å²) in [5, 5.41) is 8.45. The predicted octanol–water partition coefficient (Wildman–Crippen LogP) is 2.88. The van der Waals surface area contributed by atoms with Crippen LogP contribution in [-0.2, 0) is 11.2 Å². The molecule has 1 aliphatic carbocycles. The molecule has 140 valence electrons. The molecule has 2 rings (SSSR count). The van der Waals surface area contributed by atoms with Crippen LogP contribution < -0.4 is 10.6 Å². The van der Waals surface area contributed by atoms with Gasteiger partial charge in [0.25, 0.3) is 0 Å². The van der Waals surface area contributed by atoms with Crippen LogP contribution in [0.5, 0.6) is 0 Å². The first-order chi connectivity index (χ1) is 12.2. The first-order valence-electron chi connectivity index (χ1n) is 9.47. The quantitative estimate of drug-likeness (QED) is 0.402. The van der Waals surface area contributed by atoms with Crippen molar-refractivity contribution in [2.24, 2.45) is 10.9 Å². The molecule has 2 N–H and O–H groups in total. The molecule has 1 heterocycles. The largest absolute Gasteiger partial charge is 0.357 e. The molecule has 1 amide bonds. The third-order valence-electron chi connectivity index (χ3n) is 4.61. The van der Waals surface area contributed by atoms with Crippen LogP contribution in [0.3, 0.4) is 0 Å². The third kappa shape index (κ3) is 7.46. The van der Waals surface area contributed by atoms with Crippen molar-refractivity contribution in [1.82, 2.24) is 15.5 Å². The molecule has 1 aromatic heterocycles. The minimum absolute atomic E-state index is 0.179. The molecule has 0 atom stereocenters. The molecule has 6 heteroatoms. The van der Waals surface area contributed by atoms with Crippen molar-refractivity contribution in [3.05, 3.63) is 22.4 Å². The average Bonchev–Trinajstić information content (AvgIpc) is 3.29. The van der Waals surface area contributed by atoms with E-state index in [0.717, 1.165) is 25.5 Å². The van der Waals surface area contributed by atoms with Gasteiger partial charge in [-0.15, -0.1) is 11.3 Å². The van der Waals surface area contributed by atoms with Crippen molar-refractivity contribution in [2.75, 3.05) is 33.2 Å². The second-order valence-corrected chi connectivity index (χ2v) is 7.72. The summed E-state index contributed by atoms with van der Waals surface area (Å²) in [5.41, 5.74) is 0. The molecule has 0 spiro atoms. The summed E-state index contributed by atoms with van der Waals surface area (Å²) in [4.78, 5) is 20.1. The van der Waals surface area contributed by atoms with Crippen molar-refractivity contribution in [3.63, 3.8) is 0 Å². The van der Waals surface area contributed by atoms with E-state index in [2.05, 4.69) is 52.0 Å². The molecule has 1 aromatic rings. The van der Waals surface area contributed by atoms with Gasteiger partial charge in [-0.25, -0.2) is 0 Å². The van der Waals surface area contributed by atoms with Gasteiger partial charge in [0.05, 0.1) is 6.54 Å². The minimum atomic E-state index is 0.179. The number of aliphatic imine (C=N–C) groups is 1. The highest BCUT2D eigenvalue weighted by molar-refractivity contribution is 7.09. The van der Waals surface area contributed by atoms with Crippen LogP contribution in [0.1, 0.15) is 43.9 Å². The number of nitrogens with one attached hydrogen (secondary N) is 2. The summed E-state index contributed by atoms with van der Waals surface area (Å²) >= 11 is 1.79. The Hall–Kier alpha value is -1.56. The van der Waals surface area contributed by atoms with Crippen molar-refractivity contribution >= 4 is 23.2 Å². The highest BCUT2D eigenvalue weighted by Gasteiger charge is 2.17. The minimum Gasteiger partial charge on any atom is -0.357 e. The van der Waals surface area contributed by atoms with Gasteiger partial charge < -0.3 is 15.5 Å². The molecular weight excluding hydrogens is 332 g/mol. The summed E-state index contributed by atoms with van der Waals surface area (Å²) in [5.74, 6) is 1.69. The van der Waals surface area contributed by atoms with E-state index < -0.39 is 0 Å². The van der Waals surface area contributed by atoms with E-state index in [4.69, 9.17) is 0 Å². The maximum atomic E-state index is 12.0. The number of carbonyl (C=O) groups is 1. The van der Waals surface area contributed by atoms with Crippen LogP contribution >= 0.6 is 11.3 Å². The molecule has 5 nitrogen and oxygen atoms in total. The normalized spacial score (nSPS) is 15.4. The van der Waals surface area contributed by atoms with E-state index in [9.17, 15) is 4.79 Å². The molecule has 0 saturated heterocycles. The predicted molar refractivity (Wildman–Crippen MR) is 106 cm³/mol. The molecule has 0 bridgehead atoms. The fourth-order valence-corrected chi connectivity index (χ4v) is 3.91. The Morgan fingerprint density at radius 1 is 1.36 bits per heavy atom. The van der Waals surface area contributed by atoms with Crippen LogP contribution in [0.2, 0.25) is 0 Å². The zero-order valence-corrected chi connectivity index (χ0v) is 16.4. The monoisotopic (exact) mass is 364 g/mol. The van der Waals surface area contributed by atoms with Gasteiger partial charge in [0.1, 0.15) is 0 Å². The molecule has 0 unspecified atom stereocenters. The zero-order valence-electron chi connectivity index (χ0n) is 15.6. The van der Waals surface area contributed by atoms with Crippen molar-refractivity contribution in [3.8, 4) is 0 Å². The van der Waals surface area contributed by atoms with Crippen LogP contribution in [0.4, 0.5) is 0 Å². The van der Waals surface area contributed by atoms with Crippen molar-refractivity contribution in [2.45, 2.75) is 45.4 Å². The lowest BCUT2D eigenvalue weighted by Gasteiger charge is -2.21. The number of guanidine groups is 1. The maximum Gasteiger partial charge on any atom is 0.220 e. The van der Waals surface area contributed by atoms with E-state index in [1.54, 1.807) is 11.3 Å². The highest BCUT2D eigenvalue weighted by atomic mass is 32.1. The van der Waals surface area contributed by atoms with Gasteiger partial charge in [-0.05, 0) is 43.6 Å². The lowest BCUT2D eigenvalue weighted by Crippen LogP contribution is -2.40. The van der Waals surface area contributed by atoms with Crippen LogP contribution in [0.25, 0.3) is 0 Å². The number of amides is 1. The molecule has 0 radical (unpaired) electrons. The van der Waals surface area contributed by atoms with Gasteiger partial charge in [-0.2, -0.15) is 0 Å². The Balaban J connectivity index is 1.69. The van der Waals surface area contributed by atoms with E-state index in [-0.39, 0.29) is 5.91 Å². The van der Waals surface area contributed by atoms with Crippen molar-refractivity contribution in [1.29, 1.82) is 0 Å². The lowest BCUT2D eigenvalue weighted by atomic mass is 10.0. The number of hydrogen-bond acceptors (Lipinski definition) is 3. The molecule has 1 saturated carbocycles. The summed E-state index contributed by atoms with van der Waals surface area (Å²) in [6.45, 7) is 5.07. The topological polar surface area (TPSA) is 56.7 Å². The van der Waals surface area contributed by atoms with Gasteiger partial charge in [0, 0.05) is 38.0 Å². The second-order valence-electron chi connectivity index (χ2n) is 6.69. The van der Waals surface area contributed by atoms with E-state index >= 15 is 0 Å². The standard InChI is InChI=1S/C19H32N4OS/c1-3-20-19(23(2)13-10-17-9-6-14-25-17)22-12-11-21-18(24)15-16-7-4-5-8-16/h6,9,14,16H,3-5,7-8,10-13,15H2,1-2H3,(H,20,22)(H,21,24). The number of likely N-dealkylation sites (N-methyl/N-ethyl adjacent to an activating group) is 1. The van der Waals surface area contributed by atoms with E-state index in [0.29, 0.717) is 25.4 Å². The summed E-state index contributed by atoms with van der Waals surface area (Å²) < 4.78 is 0. The molecule has 0 aliphatic heterocycles. The summed E-state index contributed by atoms with van der Waals surface area (Å²) in [6, 6.07) is 4.26. The average molecular weight is 365 g/mol. The van der Waals surface area contributed by atoms with Crippen LogP contribution in [0, 0.1) is 5.92 Å². The fraction of sp³-hybridized carbons (Fsp3) is 0.684. The second kappa shape index (κ2) is 11.1. The van der Waals surface area contributed by atoms with Crippen molar-refractivity contribution < 1.29 is 4.79 Å². The van der Waals surface area contributed by atoms with Gasteiger partial charge >= 0.3 is 0 Å². The number of nitrogens with zero attached hydrogens (tertiary/aromatic N) is 2. The Labute approximate surface area is 155 Å². The lowest BCUT2D eigenvalue weighted by molar-refractivity contribution is -0.121. The first kappa shape index (κ1) is 19.8. The van der Waals surface area contributed by atoms with Crippen LogP contribution in [0.15, 0.2) is 22.5 Å². The Bertz CT molecular complexity index is 524.